The van der Waals surface area contributed by atoms with Crippen molar-refractivity contribution < 1.29 is 14.0 Å². The van der Waals surface area contributed by atoms with Crippen molar-refractivity contribution in [2.45, 2.75) is 19.4 Å². The molecule has 3 aromatic rings. The van der Waals surface area contributed by atoms with E-state index in [9.17, 15) is 9.18 Å². The molecule has 168 valence electrons. The Hall–Kier alpha value is -2.93. The molecule has 1 aliphatic rings. The van der Waals surface area contributed by atoms with Crippen LogP contribution in [0.3, 0.4) is 0 Å². The number of amidine groups is 1. The number of oxime groups is 1. The smallest absolute Gasteiger partial charge is 0.311 e. The molecule has 0 N–H and O–H groups in total. The molecule has 4 rings (SSSR count). The first-order valence-electron chi connectivity index (χ1n) is 9.91. The highest BCUT2D eigenvalue weighted by molar-refractivity contribution is 6.37. The first-order chi connectivity index (χ1) is 15.8. The van der Waals surface area contributed by atoms with Crippen LogP contribution in [0.15, 0.2) is 77.0 Å². The van der Waals surface area contributed by atoms with Gasteiger partial charge in [-0.05, 0) is 55.0 Å². The van der Waals surface area contributed by atoms with Crippen molar-refractivity contribution in [3.05, 3.63) is 104 Å². The zero-order chi connectivity index (χ0) is 23.5. The summed E-state index contributed by atoms with van der Waals surface area (Å²) in [6.07, 6.45) is 0.490. The summed E-state index contributed by atoms with van der Waals surface area (Å²) >= 11 is 18.9. The monoisotopic (exact) mass is 503 g/mol. The van der Waals surface area contributed by atoms with Gasteiger partial charge < -0.3 is 4.84 Å². The fourth-order valence-corrected chi connectivity index (χ4v) is 4.25. The number of hydrazone groups is 1. The Balaban J connectivity index is 1.65. The van der Waals surface area contributed by atoms with Crippen LogP contribution >= 0.6 is 34.8 Å². The molecule has 1 unspecified atom stereocenters. The Bertz CT molecular complexity index is 1260. The van der Waals surface area contributed by atoms with E-state index in [1.54, 1.807) is 36.2 Å². The van der Waals surface area contributed by atoms with Crippen molar-refractivity contribution in [2.75, 3.05) is 0 Å². The van der Waals surface area contributed by atoms with E-state index in [1.165, 1.54) is 24.3 Å². The third-order valence-corrected chi connectivity index (χ3v) is 5.98. The molecule has 0 amide bonds. The van der Waals surface area contributed by atoms with Crippen LogP contribution in [0.25, 0.3) is 0 Å². The third-order valence-electron chi connectivity index (χ3n) is 5.09. The topological polar surface area (TPSA) is 54.3 Å². The second kappa shape index (κ2) is 9.91. The molecule has 0 saturated heterocycles. The van der Waals surface area contributed by atoms with E-state index in [4.69, 9.17) is 44.7 Å². The molecule has 0 radical (unpaired) electrons. The lowest BCUT2D eigenvalue weighted by atomic mass is 9.98. The van der Waals surface area contributed by atoms with Gasteiger partial charge in [-0.25, -0.2) is 14.2 Å². The van der Waals surface area contributed by atoms with E-state index < -0.39 is 11.8 Å². The van der Waals surface area contributed by atoms with Crippen LogP contribution in [0.1, 0.15) is 40.9 Å². The number of carbonyl (C=O) groups is 1. The van der Waals surface area contributed by atoms with Gasteiger partial charge >= 0.3 is 5.97 Å². The fourth-order valence-electron chi connectivity index (χ4n) is 3.47. The number of carbonyl (C=O) groups excluding carboxylic acids is 1. The quantitative estimate of drug-likeness (QED) is 0.164. The minimum atomic E-state index is -0.715. The van der Waals surface area contributed by atoms with Gasteiger partial charge in [0.2, 0.25) is 0 Å². The summed E-state index contributed by atoms with van der Waals surface area (Å²) in [7, 11) is 0. The Kier molecular flexibility index (Phi) is 6.98. The maximum absolute atomic E-state index is 13.1. The van der Waals surface area contributed by atoms with Gasteiger partial charge in [-0.15, -0.1) is 0 Å². The fraction of sp³-hybridized carbons (Fsp3) is 0.125. The highest BCUT2D eigenvalue weighted by Gasteiger charge is 2.33. The average molecular weight is 505 g/mol. The van der Waals surface area contributed by atoms with Crippen LogP contribution in [0, 0.1) is 5.82 Å². The van der Waals surface area contributed by atoms with Crippen LogP contribution in [0.5, 0.6) is 0 Å². The minimum absolute atomic E-state index is 0.175. The summed E-state index contributed by atoms with van der Waals surface area (Å²) in [6.45, 7) is 1.66. The molecular weight excluding hydrogens is 488 g/mol. The minimum Gasteiger partial charge on any atom is -0.311 e. The Morgan fingerprint density at radius 3 is 2.48 bits per heavy atom. The lowest BCUT2D eigenvalue weighted by Gasteiger charge is -2.23. The molecule has 1 atom stereocenters. The van der Waals surface area contributed by atoms with Gasteiger partial charge in [0.1, 0.15) is 5.82 Å². The van der Waals surface area contributed by atoms with E-state index in [-0.39, 0.29) is 11.6 Å². The molecule has 3 aromatic carbocycles. The van der Waals surface area contributed by atoms with Gasteiger partial charge in [-0.1, -0.05) is 64.2 Å². The summed E-state index contributed by atoms with van der Waals surface area (Å²) in [6, 6.07) is 17.3. The van der Waals surface area contributed by atoms with Crippen molar-refractivity contribution in [3.8, 4) is 0 Å². The number of halogens is 4. The lowest BCUT2D eigenvalue weighted by molar-refractivity contribution is 0.0507. The maximum atomic E-state index is 13.1. The lowest BCUT2D eigenvalue weighted by Crippen LogP contribution is -2.25. The normalized spacial score (nSPS) is 16.0. The summed E-state index contributed by atoms with van der Waals surface area (Å²) in [5, 5.41) is 11.9. The summed E-state index contributed by atoms with van der Waals surface area (Å²) in [4.78, 5) is 17.4. The predicted molar refractivity (Wildman–Crippen MR) is 129 cm³/mol. The van der Waals surface area contributed by atoms with Crippen molar-refractivity contribution in [3.63, 3.8) is 0 Å². The van der Waals surface area contributed by atoms with Crippen LogP contribution in [0.4, 0.5) is 4.39 Å². The summed E-state index contributed by atoms with van der Waals surface area (Å²) in [5.74, 6) is -0.836. The highest BCUT2D eigenvalue weighted by atomic mass is 35.5. The highest BCUT2D eigenvalue weighted by Crippen LogP contribution is 2.38. The maximum Gasteiger partial charge on any atom is 0.365 e. The summed E-state index contributed by atoms with van der Waals surface area (Å²) in [5.41, 5.74) is 2.45. The van der Waals surface area contributed by atoms with Gasteiger partial charge in [0.15, 0.2) is 5.84 Å². The molecule has 0 bridgehead atoms. The molecule has 0 aromatic heterocycles. The van der Waals surface area contributed by atoms with Crippen molar-refractivity contribution >= 4 is 52.3 Å². The molecule has 9 heteroatoms. The molecule has 1 aliphatic heterocycles. The predicted octanol–water partition coefficient (Wildman–Crippen LogP) is 7.13. The molecule has 1 heterocycles. The van der Waals surface area contributed by atoms with Gasteiger partial charge in [0.25, 0.3) is 0 Å². The van der Waals surface area contributed by atoms with Gasteiger partial charge in [0.05, 0.1) is 22.3 Å². The molecule has 0 spiro atoms. The molecule has 0 fully saturated rings. The van der Waals surface area contributed by atoms with E-state index >= 15 is 0 Å². The van der Waals surface area contributed by atoms with E-state index in [1.807, 2.05) is 18.2 Å². The Morgan fingerprint density at radius 2 is 1.79 bits per heavy atom. The van der Waals surface area contributed by atoms with E-state index in [2.05, 4.69) is 5.16 Å². The van der Waals surface area contributed by atoms with Crippen LogP contribution < -0.4 is 0 Å². The van der Waals surface area contributed by atoms with Gasteiger partial charge in [-0.3, -0.25) is 0 Å². The largest absolute Gasteiger partial charge is 0.365 e. The average Bonchev–Trinajstić information content (AvgIpc) is 3.23. The summed E-state index contributed by atoms with van der Waals surface area (Å²) < 4.78 is 13.1. The van der Waals surface area contributed by atoms with E-state index in [0.29, 0.717) is 33.0 Å². The molecule has 33 heavy (non-hydrogen) atoms. The number of hydrogen-bond donors (Lipinski definition) is 0. The first-order valence-corrected chi connectivity index (χ1v) is 11.0. The second-order valence-corrected chi connectivity index (χ2v) is 8.53. The van der Waals surface area contributed by atoms with Crippen molar-refractivity contribution in [1.29, 1.82) is 0 Å². The molecular formula is C24H17Cl3FN3O2. The van der Waals surface area contributed by atoms with Gasteiger partial charge in [0, 0.05) is 22.0 Å². The third kappa shape index (κ3) is 5.19. The number of benzene rings is 3. The zero-order valence-electron chi connectivity index (χ0n) is 17.3. The van der Waals surface area contributed by atoms with Crippen LogP contribution in [-0.2, 0) is 4.84 Å². The number of rotatable bonds is 4. The molecule has 5 nitrogen and oxygen atoms in total. The van der Waals surface area contributed by atoms with Crippen LogP contribution in [-0.4, -0.2) is 22.5 Å². The SMILES string of the molecule is C/C(=N\OC(=O)c1ccc(F)cc1)N1N=C(c2ccc(Cl)cc2Cl)CC1c1ccccc1Cl. The molecule has 0 saturated carbocycles. The standard InChI is InChI=1S/C24H17Cl3FN3O2/c1-14(30-33-24(32)15-6-9-17(28)10-7-15)31-23(19-4-2-3-5-20(19)26)13-22(29-31)18-11-8-16(25)12-21(18)27/h2-12,23H,13H2,1H3/b30-14+. The number of hydrogen-bond acceptors (Lipinski definition) is 4. The second-order valence-electron chi connectivity index (χ2n) is 7.28. The van der Waals surface area contributed by atoms with Gasteiger partial charge in [-0.2, -0.15) is 5.10 Å². The Labute approximate surface area is 205 Å². The zero-order valence-corrected chi connectivity index (χ0v) is 19.6. The number of nitrogens with zero attached hydrogens (tertiary/aromatic N) is 3. The first kappa shape index (κ1) is 23.2. The molecule has 0 aliphatic carbocycles. The van der Waals surface area contributed by atoms with Crippen molar-refractivity contribution in [2.24, 2.45) is 10.3 Å². The Morgan fingerprint density at radius 1 is 1.06 bits per heavy atom. The van der Waals surface area contributed by atoms with E-state index in [0.717, 1.165) is 11.1 Å². The van der Waals surface area contributed by atoms with Crippen LogP contribution in [0.2, 0.25) is 15.1 Å². The van der Waals surface area contributed by atoms with Crippen molar-refractivity contribution in [1.82, 2.24) is 5.01 Å².